The van der Waals surface area contributed by atoms with Crippen molar-refractivity contribution in [1.29, 1.82) is 0 Å². The molecule has 0 fully saturated rings. The molecule has 16 heavy (non-hydrogen) atoms. The summed E-state index contributed by atoms with van der Waals surface area (Å²) in [5.74, 6) is -0.467. The van der Waals surface area contributed by atoms with Crippen molar-refractivity contribution in [3.05, 3.63) is 21.3 Å². The molecular weight excluding hydrogens is 327 g/mol. The van der Waals surface area contributed by atoms with Gasteiger partial charge in [0, 0.05) is 11.6 Å². The smallest absolute Gasteiger partial charge is 0.337 e. The molecule has 1 rings (SSSR count). The molecule has 1 unspecified atom stereocenters. The van der Waals surface area contributed by atoms with E-state index in [0.717, 1.165) is 0 Å². The minimum atomic E-state index is -1.60. The second-order valence-corrected chi connectivity index (χ2v) is 4.13. The van der Waals surface area contributed by atoms with Gasteiger partial charge in [-0.1, -0.05) is 0 Å². The van der Waals surface area contributed by atoms with Crippen LogP contribution in [0.5, 0.6) is 11.5 Å². The number of methoxy groups -OCH3 is 2. The first kappa shape index (κ1) is 13.0. The first-order valence-corrected chi connectivity index (χ1v) is 5.41. The van der Waals surface area contributed by atoms with Crippen LogP contribution >= 0.6 is 22.6 Å². The van der Waals surface area contributed by atoms with Crippen molar-refractivity contribution in [3.63, 3.8) is 0 Å². The third-order valence-electron chi connectivity index (χ3n) is 2.03. The fraction of sp³-hybridized carbons (Fsp3) is 0.300. The number of aliphatic hydroxyl groups excluding tert-OH is 1. The van der Waals surface area contributed by atoms with Crippen LogP contribution in [0.25, 0.3) is 0 Å². The summed E-state index contributed by atoms with van der Waals surface area (Å²) in [7, 11) is 2.91. The van der Waals surface area contributed by atoms with E-state index in [9.17, 15) is 9.90 Å². The first-order valence-electron chi connectivity index (χ1n) is 4.33. The molecule has 1 atom stereocenters. The van der Waals surface area contributed by atoms with E-state index in [0.29, 0.717) is 9.32 Å². The number of carboxylic acid groups (broad SMARTS) is 1. The maximum atomic E-state index is 10.7. The quantitative estimate of drug-likeness (QED) is 0.813. The van der Waals surface area contributed by atoms with Gasteiger partial charge in [0.2, 0.25) is 0 Å². The van der Waals surface area contributed by atoms with Gasteiger partial charge in [-0.15, -0.1) is 0 Å². The van der Waals surface area contributed by atoms with E-state index >= 15 is 0 Å². The summed E-state index contributed by atoms with van der Waals surface area (Å²) in [5.41, 5.74) is 0.209. The van der Waals surface area contributed by atoms with Gasteiger partial charge >= 0.3 is 5.97 Å². The van der Waals surface area contributed by atoms with Gasteiger partial charge in [0.25, 0.3) is 0 Å². The van der Waals surface area contributed by atoms with Gasteiger partial charge in [-0.3, -0.25) is 0 Å². The Morgan fingerprint density at radius 3 is 2.31 bits per heavy atom. The van der Waals surface area contributed by atoms with E-state index in [2.05, 4.69) is 0 Å². The first-order chi connectivity index (χ1) is 7.51. The summed E-state index contributed by atoms with van der Waals surface area (Å²) in [5, 5.41) is 18.2. The van der Waals surface area contributed by atoms with Gasteiger partial charge in [0.1, 0.15) is 11.5 Å². The van der Waals surface area contributed by atoms with Gasteiger partial charge < -0.3 is 19.7 Å². The van der Waals surface area contributed by atoms with Crippen LogP contribution in [-0.2, 0) is 4.79 Å². The zero-order chi connectivity index (χ0) is 12.3. The lowest BCUT2D eigenvalue weighted by molar-refractivity contribution is -0.147. The van der Waals surface area contributed by atoms with Crippen molar-refractivity contribution >= 4 is 28.6 Å². The minimum absolute atomic E-state index is 0.209. The summed E-state index contributed by atoms with van der Waals surface area (Å²) in [4.78, 5) is 10.7. The highest BCUT2D eigenvalue weighted by atomic mass is 127. The Morgan fingerprint density at radius 1 is 1.31 bits per heavy atom. The molecular formula is C10H11IO5. The molecule has 0 saturated carbocycles. The third-order valence-corrected chi connectivity index (χ3v) is 2.88. The number of aliphatic carboxylic acids is 1. The monoisotopic (exact) mass is 338 g/mol. The van der Waals surface area contributed by atoms with Crippen molar-refractivity contribution in [2.24, 2.45) is 0 Å². The largest absolute Gasteiger partial charge is 0.496 e. The molecule has 0 amide bonds. The van der Waals surface area contributed by atoms with Crippen LogP contribution in [0.4, 0.5) is 0 Å². The Hall–Kier alpha value is -1.02. The molecule has 0 aromatic heterocycles. The standard InChI is InChI=1S/C10H11IO5/c1-15-7-4-8(16-2)6(11)3-5(7)9(12)10(13)14/h3-4,9,12H,1-2H3,(H,13,14). The fourth-order valence-corrected chi connectivity index (χ4v) is 1.94. The molecule has 2 N–H and O–H groups in total. The fourth-order valence-electron chi connectivity index (χ4n) is 1.23. The Kier molecular flexibility index (Phi) is 4.36. The van der Waals surface area contributed by atoms with Crippen LogP contribution in [0.1, 0.15) is 11.7 Å². The molecule has 0 saturated heterocycles. The second-order valence-electron chi connectivity index (χ2n) is 2.97. The van der Waals surface area contributed by atoms with Crippen molar-refractivity contribution in [2.45, 2.75) is 6.10 Å². The minimum Gasteiger partial charge on any atom is -0.496 e. The summed E-state index contributed by atoms with van der Waals surface area (Å²) in [6, 6.07) is 3.07. The van der Waals surface area contributed by atoms with Crippen LogP contribution in [0.2, 0.25) is 0 Å². The highest BCUT2D eigenvalue weighted by Crippen LogP contribution is 2.33. The summed E-state index contributed by atoms with van der Waals surface area (Å²) in [6.07, 6.45) is -1.60. The summed E-state index contributed by atoms with van der Waals surface area (Å²) in [6.45, 7) is 0. The topological polar surface area (TPSA) is 76.0 Å². The SMILES string of the molecule is COc1cc(OC)c(C(O)C(=O)O)cc1I. The van der Waals surface area contributed by atoms with Gasteiger partial charge in [-0.05, 0) is 28.7 Å². The van der Waals surface area contributed by atoms with Gasteiger partial charge in [-0.2, -0.15) is 0 Å². The van der Waals surface area contributed by atoms with Crippen molar-refractivity contribution in [1.82, 2.24) is 0 Å². The van der Waals surface area contributed by atoms with Crippen LogP contribution in [0.15, 0.2) is 12.1 Å². The lowest BCUT2D eigenvalue weighted by atomic mass is 10.1. The van der Waals surface area contributed by atoms with E-state index in [1.807, 2.05) is 22.6 Å². The number of rotatable bonds is 4. The number of benzene rings is 1. The Morgan fingerprint density at radius 2 is 1.88 bits per heavy atom. The number of ether oxygens (including phenoxy) is 2. The van der Waals surface area contributed by atoms with E-state index in [-0.39, 0.29) is 11.3 Å². The molecule has 1 aromatic rings. The maximum Gasteiger partial charge on any atom is 0.337 e. The van der Waals surface area contributed by atoms with Crippen molar-refractivity contribution in [2.75, 3.05) is 14.2 Å². The van der Waals surface area contributed by atoms with Crippen LogP contribution in [0, 0.1) is 3.57 Å². The van der Waals surface area contributed by atoms with E-state index in [1.54, 1.807) is 6.07 Å². The number of hydrogen-bond acceptors (Lipinski definition) is 4. The van der Waals surface area contributed by atoms with Crippen molar-refractivity contribution in [3.8, 4) is 11.5 Å². The molecule has 0 spiro atoms. The third kappa shape index (κ3) is 2.56. The molecule has 6 heteroatoms. The van der Waals surface area contributed by atoms with Gasteiger partial charge in [0.15, 0.2) is 6.10 Å². The summed E-state index contributed by atoms with van der Waals surface area (Å²) < 4.78 is 10.8. The van der Waals surface area contributed by atoms with Crippen molar-refractivity contribution < 1.29 is 24.5 Å². The van der Waals surface area contributed by atoms with E-state index in [4.69, 9.17) is 14.6 Å². The Bertz CT molecular complexity index is 404. The number of carbonyl (C=O) groups is 1. The number of halogens is 1. The normalized spacial score (nSPS) is 12.0. The van der Waals surface area contributed by atoms with E-state index < -0.39 is 12.1 Å². The zero-order valence-electron chi connectivity index (χ0n) is 8.73. The molecule has 0 aliphatic carbocycles. The summed E-state index contributed by atoms with van der Waals surface area (Å²) >= 11 is 1.99. The number of carboxylic acids is 1. The molecule has 0 aliphatic heterocycles. The lowest BCUT2D eigenvalue weighted by Crippen LogP contribution is -2.12. The second kappa shape index (κ2) is 5.35. The molecule has 88 valence electrons. The van der Waals surface area contributed by atoms with E-state index in [1.165, 1.54) is 20.3 Å². The molecule has 0 aliphatic rings. The molecule has 5 nitrogen and oxygen atoms in total. The average Bonchev–Trinajstić information content (AvgIpc) is 2.27. The Balaban J connectivity index is 3.28. The van der Waals surface area contributed by atoms with Gasteiger partial charge in [0.05, 0.1) is 17.8 Å². The maximum absolute atomic E-state index is 10.7. The predicted molar refractivity (Wildman–Crippen MR) is 64.9 cm³/mol. The number of aliphatic hydroxyl groups is 1. The zero-order valence-corrected chi connectivity index (χ0v) is 10.9. The average molecular weight is 338 g/mol. The number of hydrogen-bond donors (Lipinski definition) is 2. The molecule has 0 bridgehead atoms. The molecule has 0 heterocycles. The highest BCUT2D eigenvalue weighted by molar-refractivity contribution is 14.1. The predicted octanol–water partition coefficient (Wildman–Crippen LogP) is 1.43. The van der Waals surface area contributed by atoms with Crippen LogP contribution < -0.4 is 9.47 Å². The molecule has 0 radical (unpaired) electrons. The van der Waals surface area contributed by atoms with Crippen LogP contribution in [-0.4, -0.2) is 30.4 Å². The molecule has 1 aromatic carbocycles. The lowest BCUT2D eigenvalue weighted by Gasteiger charge is -2.14. The Labute approximate surface area is 106 Å². The highest BCUT2D eigenvalue weighted by Gasteiger charge is 2.22. The van der Waals surface area contributed by atoms with Gasteiger partial charge in [-0.25, -0.2) is 4.79 Å². The van der Waals surface area contributed by atoms with Crippen LogP contribution in [0.3, 0.4) is 0 Å².